The SMILES string of the molecule is CCCC(NC(=O)N1CC(NOCC)=NCC(Cc2ccc(Cl)c(C(F)(F)F)c2)C1=O)c1ccc(C(=O)O)c(N)c1. The number of nitrogen functional groups attached to an aromatic ring is 1. The number of nitrogens with zero attached hydrogens (tertiary/aromatic N) is 2. The maximum absolute atomic E-state index is 13.6. The Labute approximate surface area is 239 Å². The molecule has 1 aliphatic heterocycles. The van der Waals surface area contributed by atoms with Crippen molar-refractivity contribution in [3.63, 3.8) is 0 Å². The molecule has 0 aliphatic carbocycles. The van der Waals surface area contributed by atoms with E-state index in [0.29, 0.717) is 18.4 Å². The van der Waals surface area contributed by atoms with Crippen LogP contribution in [-0.4, -0.2) is 53.4 Å². The number of carboxylic acid groups (broad SMARTS) is 1. The molecule has 3 amide bonds. The molecule has 3 rings (SSSR count). The van der Waals surface area contributed by atoms with E-state index in [4.69, 9.17) is 22.2 Å². The van der Waals surface area contributed by atoms with E-state index in [1.54, 1.807) is 6.92 Å². The minimum Gasteiger partial charge on any atom is -0.478 e. The Bertz CT molecular complexity index is 1320. The molecule has 1 heterocycles. The highest BCUT2D eigenvalue weighted by molar-refractivity contribution is 6.31. The van der Waals surface area contributed by atoms with Crippen molar-refractivity contribution in [1.29, 1.82) is 0 Å². The fourth-order valence-electron chi connectivity index (χ4n) is 4.37. The molecule has 2 aromatic rings. The molecule has 0 bridgehead atoms. The first-order chi connectivity index (χ1) is 19.3. The lowest BCUT2D eigenvalue weighted by molar-refractivity contribution is -0.137. The third-order valence-electron chi connectivity index (χ3n) is 6.41. The fraction of sp³-hybridized carbons (Fsp3) is 0.407. The molecule has 0 aromatic heterocycles. The van der Waals surface area contributed by atoms with Crippen LogP contribution < -0.4 is 16.5 Å². The molecule has 14 heteroatoms. The number of hydroxylamine groups is 1. The lowest BCUT2D eigenvalue weighted by Gasteiger charge is -2.27. The smallest absolute Gasteiger partial charge is 0.417 e. The summed E-state index contributed by atoms with van der Waals surface area (Å²) in [5.41, 5.74) is 8.17. The lowest BCUT2D eigenvalue weighted by atomic mass is 9.96. The summed E-state index contributed by atoms with van der Waals surface area (Å²) in [4.78, 5) is 48.9. The Morgan fingerprint density at radius 3 is 2.59 bits per heavy atom. The zero-order valence-electron chi connectivity index (χ0n) is 22.4. The predicted octanol–water partition coefficient (Wildman–Crippen LogP) is 4.83. The topological polar surface area (TPSA) is 146 Å². The third kappa shape index (κ3) is 8.10. The molecule has 0 saturated carbocycles. The molecule has 2 unspecified atom stereocenters. The standard InChI is InChI=1S/C27H31ClF3N5O5/c1-3-5-22(16-7-8-18(25(38)39)21(32)12-16)34-26(40)36-14-23(35-41-4-2)33-13-17(24(36)37)10-15-6-9-20(28)19(11-15)27(29,30)31/h6-9,11-12,17,22H,3-5,10,13-14,32H2,1-2H3,(H,33,35)(H,34,40)(H,38,39). The van der Waals surface area contributed by atoms with Crippen molar-refractivity contribution in [2.24, 2.45) is 10.9 Å². The zero-order valence-corrected chi connectivity index (χ0v) is 23.2. The second-order valence-corrected chi connectivity index (χ2v) is 9.81. The van der Waals surface area contributed by atoms with Crippen LogP contribution in [0.5, 0.6) is 0 Å². The quantitative estimate of drug-likeness (QED) is 0.239. The molecular formula is C27H31ClF3N5O5. The van der Waals surface area contributed by atoms with Gasteiger partial charge in [-0.15, -0.1) is 0 Å². The number of alkyl halides is 3. The van der Waals surface area contributed by atoms with Crippen LogP contribution in [0.25, 0.3) is 0 Å². The van der Waals surface area contributed by atoms with Crippen LogP contribution in [0.15, 0.2) is 41.4 Å². The molecule has 0 fully saturated rings. The number of imide groups is 1. The Hall–Kier alpha value is -3.84. The summed E-state index contributed by atoms with van der Waals surface area (Å²) in [6.07, 6.45) is -3.72. The van der Waals surface area contributed by atoms with Crippen LogP contribution in [0, 0.1) is 5.92 Å². The van der Waals surface area contributed by atoms with Crippen molar-refractivity contribution >= 4 is 41.0 Å². The summed E-state index contributed by atoms with van der Waals surface area (Å²) in [7, 11) is 0. The van der Waals surface area contributed by atoms with Crippen molar-refractivity contribution in [1.82, 2.24) is 15.7 Å². The first-order valence-corrected chi connectivity index (χ1v) is 13.2. The molecule has 10 nitrogen and oxygen atoms in total. The molecule has 2 atom stereocenters. The second kappa shape index (κ2) is 13.7. The van der Waals surface area contributed by atoms with Gasteiger partial charge in [-0.05, 0) is 55.2 Å². The van der Waals surface area contributed by atoms with Gasteiger partial charge in [0.1, 0.15) is 5.84 Å². The number of carbonyl (C=O) groups is 3. The fourth-order valence-corrected chi connectivity index (χ4v) is 4.60. The van der Waals surface area contributed by atoms with Crippen molar-refractivity contribution < 1.29 is 37.5 Å². The number of amidine groups is 1. The second-order valence-electron chi connectivity index (χ2n) is 9.40. The van der Waals surface area contributed by atoms with Gasteiger partial charge in [-0.1, -0.05) is 37.1 Å². The summed E-state index contributed by atoms with van der Waals surface area (Å²) in [5, 5.41) is 11.6. The number of carbonyl (C=O) groups excluding carboxylic acids is 2. The highest BCUT2D eigenvalue weighted by Gasteiger charge is 2.36. The van der Waals surface area contributed by atoms with Crippen LogP contribution in [0.2, 0.25) is 5.02 Å². The minimum absolute atomic E-state index is 0.0211. The van der Waals surface area contributed by atoms with E-state index in [1.165, 1.54) is 24.3 Å². The van der Waals surface area contributed by atoms with Crippen LogP contribution in [0.1, 0.15) is 59.8 Å². The largest absolute Gasteiger partial charge is 0.478 e. The number of aromatic carboxylic acids is 1. The molecular weight excluding hydrogens is 567 g/mol. The van der Waals surface area contributed by atoms with Gasteiger partial charge in [0.2, 0.25) is 5.91 Å². The number of hydrogen-bond acceptors (Lipinski definition) is 7. The van der Waals surface area contributed by atoms with Gasteiger partial charge < -0.3 is 16.2 Å². The number of amides is 3. The Kier molecular flexibility index (Phi) is 10.6. The van der Waals surface area contributed by atoms with Crippen LogP contribution in [0.3, 0.4) is 0 Å². The minimum atomic E-state index is -4.68. The number of aliphatic imine (C=N–C) groups is 1. The average molecular weight is 598 g/mol. The van der Waals surface area contributed by atoms with E-state index < -0.39 is 46.6 Å². The number of anilines is 1. The van der Waals surface area contributed by atoms with Gasteiger partial charge in [0.15, 0.2) is 0 Å². The van der Waals surface area contributed by atoms with Gasteiger partial charge in [-0.3, -0.25) is 25.0 Å². The van der Waals surface area contributed by atoms with Crippen molar-refractivity contribution in [3.8, 4) is 0 Å². The lowest BCUT2D eigenvalue weighted by Crippen LogP contribution is -2.50. The first-order valence-electron chi connectivity index (χ1n) is 12.9. The molecule has 0 spiro atoms. The van der Waals surface area contributed by atoms with Crippen molar-refractivity contribution in [2.45, 2.75) is 45.3 Å². The Balaban J connectivity index is 1.89. The molecule has 2 aromatic carbocycles. The number of hydrogen-bond donors (Lipinski definition) is 4. The number of urea groups is 1. The van der Waals surface area contributed by atoms with Crippen molar-refractivity contribution in [2.75, 3.05) is 25.4 Å². The Morgan fingerprint density at radius 1 is 1.24 bits per heavy atom. The molecule has 1 aliphatic rings. The number of nitrogens with two attached hydrogens (primary N) is 1. The summed E-state index contributed by atoms with van der Waals surface area (Å²) in [6, 6.07) is 6.36. The van der Waals surface area contributed by atoms with Crippen LogP contribution in [0.4, 0.5) is 23.7 Å². The normalized spacial score (nSPS) is 16.5. The third-order valence-corrected chi connectivity index (χ3v) is 6.74. The van der Waals surface area contributed by atoms with Gasteiger partial charge in [0, 0.05) is 5.69 Å². The molecule has 5 N–H and O–H groups in total. The van der Waals surface area contributed by atoms with Crippen LogP contribution in [-0.2, 0) is 22.2 Å². The van der Waals surface area contributed by atoms with E-state index in [2.05, 4.69) is 15.8 Å². The van der Waals surface area contributed by atoms with E-state index in [0.717, 1.165) is 17.0 Å². The molecule has 0 saturated heterocycles. The summed E-state index contributed by atoms with van der Waals surface area (Å²) in [5.74, 6) is -2.60. The summed E-state index contributed by atoms with van der Waals surface area (Å²) in [6.45, 7) is 3.50. The van der Waals surface area contributed by atoms with E-state index in [1.807, 2.05) is 6.92 Å². The van der Waals surface area contributed by atoms with Gasteiger partial charge in [-0.2, -0.15) is 13.2 Å². The highest BCUT2D eigenvalue weighted by Crippen LogP contribution is 2.35. The van der Waals surface area contributed by atoms with E-state index in [-0.39, 0.29) is 48.8 Å². The zero-order chi connectivity index (χ0) is 30.3. The van der Waals surface area contributed by atoms with Gasteiger partial charge >= 0.3 is 18.2 Å². The number of nitrogens with one attached hydrogen (secondary N) is 2. The molecule has 222 valence electrons. The number of rotatable bonds is 9. The molecule has 0 radical (unpaired) electrons. The molecule has 41 heavy (non-hydrogen) atoms. The van der Waals surface area contributed by atoms with Crippen LogP contribution >= 0.6 is 11.6 Å². The Morgan fingerprint density at radius 2 is 1.98 bits per heavy atom. The first kappa shape index (κ1) is 31.7. The number of benzene rings is 2. The van der Waals surface area contributed by atoms with Gasteiger partial charge in [0.05, 0.1) is 47.8 Å². The van der Waals surface area contributed by atoms with E-state index in [9.17, 15) is 32.7 Å². The van der Waals surface area contributed by atoms with E-state index >= 15 is 0 Å². The van der Waals surface area contributed by atoms with Gasteiger partial charge in [-0.25, -0.2) is 9.59 Å². The number of halogens is 4. The predicted molar refractivity (Wildman–Crippen MR) is 146 cm³/mol. The summed E-state index contributed by atoms with van der Waals surface area (Å²) >= 11 is 5.74. The average Bonchev–Trinajstić information content (AvgIpc) is 3.06. The maximum atomic E-state index is 13.6. The monoisotopic (exact) mass is 597 g/mol. The summed E-state index contributed by atoms with van der Waals surface area (Å²) < 4.78 is 40.2. The van der Waals surface area contributed by atoms with Crippen molar-refractivity contribution in [3.05, 3.63) is 63.7 Å². The maximum Gasteiger partial charge on any atom is 0.417 e. The highest BCUT2D eigenvalue weighted by atomic mass is 35.5. The number of carboxylic acids is 1. The van der Waals surface area contributed by atoms with Gasteiger partial charge in [0.25, 0.3) is 0 Å².